The number of nitrogens with two attached hydrogens (primary N) is 1. The van der Waals surface area contributed by atoms with Gasteiger partial charge < -0.3 is 5.32 Å². The van der Waals surface area contributed by atoms with Crippen molar-refractivity contribution in [3.8, 4) is 11.3 Å². The number of H-pyrrole nitrogens is 1. The third-order valence-corrected chi connectivity index (χ3v) is 5.89. The monoisotopic (exact) mass is 396 g/mol. The number of nitrogens with one attached hydrogen (secondary N) is 2. The molecule has 0 atom stereocenters. The van der Waals surface area contributed by atoms with E-state index < -0.39 is 10.0 Å². The van der Waals surface area contributed by atoms with E-state index in [-0.39, 0.29) is 10.8 Å². The lowest BCUT2D eigenvalue weighted by Crippen LogP contribution is -2.27. The van der Waals surface area contributed by atoms with E-state index in [1.54, 1.807) is 12.1 Å². The Morgan fingerprint density at radius 1 is 1.11 bits per heavy atom. The largest absolute Gasteiger partial charge is 0.350 e. The van der Waals surface area contributed by atoms with E-state index in [2.05, 4.69) is 21.6 Å². The highest BCUT2D eigenvalue weighted by Gasteiger charge is 2.24. The maximum atomic E-state index is 12.6. The molecular weight excluding hydrogens is 376 g/mol. The van der Waals surface area contributed by atoms with E-state index in [1.807, 2.05) is 18.2 Å². The second-order valence-electron chi connectivity index (χ2n) is 6.78. The van der Waals surface area contributed by atoms with Gasteiger partial charge in [-0.2, -0.15) is 5.10 Å². The molecule has 4 N–H and O–H groups in total. The van der Waals surface area contributed by atoms with E-state index in [0.717, 1.165) is 35.2 Å². The third kappa shape index (κ3) is 3.56. The number of sulfonamides is 1. The third-order valence-electron chi connectivity index (χ3n) is 4.96. The molecule has 0 saturated carbocycles. The topological polar surface area (TPSA) is 118 Å². The average Bonchev–Trinajstić information content (AvgIpc) is 3.12. The molecule has 0 saturated heterocycles. The van der Waals surface area contributed by atoms with E-state index in [9.17, 15) is 13.2 Å². The van der Waals surface area contributed by atoms with Gasteiger partial charge in [0.2, 0.25) is 10.0 Å². The van der Waals surface area contributed by atoms with Gasteiger partial charge in [-0.05, 0) is 42.5 Å². The maximum absolute atomic E-state index is 12.6. The Morgan fingerprint density at radius 3 is 2.61 bits per heavy atom. The summed E-state index contributed by atoms with van der Waals surface area (Å²) in [5.41, 5.74) is 5.55. The summed E-state index contributed by atoms with van der Waals surface area (Å²) >= 11 is 0. The minimum absolute atomic E-state index is 0.0738. The standard InChI is InChI=1S/C20H20N4O3S/c21-28(26,27)15-8-5-13(6-9-15)11-12-22-20(25)19-17-10-7-14-3-1-2-4-16(14)18(17)23-24-19/h1-6,8-9H,7,10-12H2,(H,22,25)(H,23,24)(H2,21,26,27). The number of aromatic nitrogens is 2. The van der Waals surface area contributed by atoms with Gasteiger partial charge in [-0.3, -0.25) is 9.89 Å². The predicted molar refractivity (Wildman–Crippen MR) is 105 cm³/mol. The van der Waals surface area contributed by atoms with Crippen LogP contribution in [0.4, 0.5) is 0 Å². The van der Waals surface area contributed by atoms with Crippen LogP contribution in [0.25, 0.3) is 11.3 Å². The first kappa shape index (κ1) is 18.4. The van der Waals surface area contributed by atoms with Gasteiger partial charge in [-0.15, -0.1) is 0 Å². The summed E-state index contributed by atoms with van der Waals surface area (Å²) in [7, 11) is -3.69. The van der Waals surface area contributed by atoms with E-state index in [1.165, 1.54) is 17.7 Å². The van der Waals surface area contributed by atoms with Crippen LogP contribution in [0.5, 0.6) is 0 Å². The van der Waals surface area contributed by atoms with Crippen molar-refractivity contribution >= 4 is 15.9 Å². The molecule has 0 unspecified atom stereocenters. The molecule has 0 bridgehead atoms. The minimum Gasteiger partial charge on any atom is -0.350 e. The highest BCUT2D eigenvalue weighted by Crippen LogP contribution is 2.33. The zero-order valence-corrected chi connectivity index (χ0v) is 15.9. The molecule has 28 heavy (non-hydrogen) atoms. The number of carbonyl (C=O) groups is 1. The quantitative estimate of drug-likeness (QED) is 0.609. The number of carbonyl (C=O) groups excluding carboxylic acids is 1. The molecule has 3 aromatic rings. The number of rotatable bonds is 5. The minimum atomic E-state index is -3.69. The van der Waals surface area contributed by atoms with E-state index >= 15 is 0 Å². The number of nitrogens with zero attached hydrogens (tertiary/aromatic N) is 1. The van der Waals surface area contributed by atoms with Crippen LogP contribution in [0.15, 0.2) is 53.4 Å². The summed E-state index contributed by atoms with van der Waals surface area (Å²) in [6.07, 6.45) is 2.25. The molecule has 144 valence electrons. The molecular formula is C20H20N4O3S. The zero-order chi connectivity index (χ0) is 19.7. The van der Waals surface area contributed by atoms with Gasteiger partial charge in [0.05, 0.1) is 10.6 Å². The number of aryl methyl sites for hydroxylation is 1. The maximum Gasteiger partial charge on any atom is 0.269 e. The number of hydrogen-bond donors (Lipinski definition) is 3. The summed E-state index contributed by atoms with van der Waals surface area (Å²) in [4.78, 5) is 12.7. The van der Waals surface area contributed by atoms with Crippen LogP contribution >= 0.6 is 0 Å². The van der Waals surface area contributed by atoms with Gasteiger partial charge in [-0.1, -0.05) is 36.4 Å². The Kier molecular flexibility index (Phi) is 4.74. The van der Waals surface area contributed by atoms with Gasteiger partial charge in [0.1, 0.15) is 5.69 Å². The molecule has 1 aliphatic carbocycles. The van der Waals surface area contributed by atoms with Gasteiger partial charge in [0.15, 0.2) is 0 Å². The van der Waals surface area contributed by atoms with Crippen molar-refractivity contribution < 1.29 is 13.2 Å². The van der Waals surface area contributed by atoms with Crippen LogP contribution in [0.3, 0.4) is 0 Å². The lowest BCUT2D eigenvalue weighted by atomic mass is 9.89. The highest BCUT2D eigenvalue weighted by molar-refractivity contribution is 7.89. The van der Waals surface area contributed by atoms with Crippen LogP contribution in [0.2, 0.25) is 0 Å². The van der Waals surface area contributed by atoms with Gasteiger partial charge >= 0.3 is 0 Å². The van der Waals surface area contributed by atoms with Crippen molar-refractivity contribution in [1.29, 1.82) is 0 Å². The van der Waals surface area contributed by atoms with Crippen molar-refractivity contribution in [2.24, 2.45) is 5.14 Å². The van der Waals surface area contributed by atoms with Gasteiger partial charge in [0, 0.05) is 17.7 Å². The molecule has 0 radical (unpaired) electrons. The number of aromatic amines is 1. The van der Waals surface area contributed by atoms with Crippen molar-refractivity contribution in [2.75, 3.05) is 6.54 Å². The molecule has 0 aliphatic heterocycles. The van der Waals surface area contributed by atoms with Crippen molar-refractivity contribution in [2.45, 2.75) is 24.2 Å². The number of primary sulfonamides is 1. The second kappa shape index (κ2) is 7.21. The fourth-order valence-corrected chi connectivity index (χ4v) is 4.02. The fraction of sp³-hybridized carbons (Fsp3) is 0.200. The fourth-order valence-electron chi connectivity index (χ4n) is 3.50. The molecule has 8 heteroatoms. The zero-order valence-electron chi connectivity index (χ0n) is 15.1. The lowest BCUT2D eigenvalue weighted by Gasteiger charge is -2.15. The molecule has 1 amide bonds. The Morgan fingerprint density at radius 2 is 1.86 bits per heavy atom. The van der Waals surface area contributed by atoms with Crippen molar-refractivity contribution in [3.05, 3.63) is 70.9 Å². The average molecular weight is 396 g/mol. The Bertz CT molecular complexity index is 1130. The van der Waals surface area contributed by atoms with Crippen LogP contribution in [-0.4, -0.2) is 31.1 Å². The summed E-state index contributed by atoms with van der Waals surface area (Å²) in [5, 5.41) is 15.2. The molecule has 2 aromatic carbocycles. The second-order valence-corrected chi connectivity index (χ2v) is 8.34. The van der Waals surface area contributed by atoms with Gasteiger partial charge in [-0.25, -0.2) is 13.6 Å². The van der Waals surface area contributed by atoms with E-state index in [0.29, 0.717) is 18.7 Å². The van der Waals surface area contributed by atoms with Crippen LogP contribution in [0.1, 0.15) is 27.2 Å². The molecule has 0 spiro atoms. The molecule has 1 aliphatic rings. The van der Waals surface area contributed by atoms with E-state index in [4.69, 9.17) is 5.14 Å². The molecule has 1 heterocycles. The SMILES string of the molecule is NS(=O)(=O)c1ccc(CCNC(=O)c2[nH]nc3c2CCc2ccccc2-3)cc1. The lowest BCUT2D eigenvalue weighted by molar-refractivity contribution is 0.0948. The summed E-state index contributed by atoms with van der Waals surface area (Å²) in [6, 6.07) is 14.4. The van der Waals surface area contributed by atoms with Gasteiger partial charge in [0.25, 0.3) is 5.91 Å². The molecule has 0 fully saturated rings. The van der Waals surface area contributed by atoms with Crippen LogP contribution in [-0.2, 0) is 29.3 Å². The normalized spacial score (nSPS) is 12.9. The van der Waals surface area contributed by atoms with Crippen molar-refractivity contribution in [3.63, 3.8) is 0 Å². The number of amides is 1. The number of benzene rings is 2. The number of hydrogen-bond acceptors (Lipinski definition) is 4. The van der Waals surface area contributed by atoms with Crippen LogP contribution < -0.4 is 10.5 Å². The summed E-state index contributed by atoms with van der Waals surface area (Å²) in [6.45, 7) is 0.429. The number of fused-ring (bicyclic) bond motifs is 3. The highest BCUT2D eigenvalue weighted by atomic mass is 32.2. The first-order valence-corrected chi connectivity index (χ1v) is 10.5. The van der Waals surface area contributed by atoms with Crippen molar-refractivity contribution in [1.82, 2.24) is 15.5 Å². The molecule has 1 aromatic heterocycles. The first-order chi connectivity index (χ1) is 13.4. The predicted octanol–water partition coefficient (Wildman–Crippen LogP) is 1.80. The summed E-state index contributed by atoms with van der Waals surface area (Å²) in [5.74, 6) is -0.186. The molecule has 7 nitrogen and oxygen atoms in total. The Hall–Kier alpha value is -2.97. The Labute approximate surface area is 163 Å². The first-order valence-electron chi connectivity index (χ1n) is 8.99. The molecule has 4 rings (SSSR count). The Balaban J connectivity index is 1.41. The smallest absolute Gasteiger partial charge is 0.269 e. The summed E-state index contributed by atoms with van der Waals surface area (Å²) < 4.78 is 22.6. The van der Waals surface area contributed by atoms with Crippen LogP contribution in [0, 0.1) is 0 Å².